The normalized spacial score (nSPS) is 14.2. The molecule has 0 fully saturated rings. The van der Waals surface area contributed by atoms with Gasteiger partial charge in [-0.1, -0.05) is 12.1 Å². The van der Waals surface area contributed by atoms with E-state index >= 15 is 0 Å². The SMILES string of the molecule is CC(C(=O)NCCc1ccc(F)cc1)N(c1ccc2c(c1)OCCO2)S(C)(=O)=O. The van der Waals surface area contributed by atoms with E-state index in [1.54, 1.807) is 30.3 Å². The van der Waals surface area contributed by atoms with E-state index in [0.717, 1.165) is 16.1 Å². The van der Waals surface area contributed by atoms with Crippen LogP contribution in [0.2, 0.25) is 0 Å². The van der Waals surface area contributed by atoms with Crippen molar-refractivity contribution in [1.29, 1.82) is 0 Å². The van der Waals surface area contributed by atoms with Crippen molar-refractivity contribution in [2.24, 2.45) is 0 Å². The fourth-order valence-corrected chi connectivity index (χ4v) is 4.27. The van der Waals surface area contributed by atoms with Gasteiger partial charge in [0, 0.05) is 12.6 Å². The Hall–Kier alpha value is -2.81. The van der Waals surface area contributed by atoms with Crippen LogP contribution in [0.1, 0.15) is 12.5 Å². The van der Waals surface area contributed by atoms with Crippen molar-refractivity contribution in [2.75, 3.05) is 30.3 Å². The lowest BCUT2D eigenvalue weighted by Gasteiger charge is -2.29. The van der Waals surface area contributed by atoms with E-state index in [0.29, 0.717) is 43.4 Å². The predicted molar refractivity (Wildman–Crippen MR) is 107 cm³/mol. The van der Waals surface area contributed by atoms with Crippen LogP contribution in [0.5, 0.6) is 11.5 Å². The third-order valence-electron chi connectivity index (χ3n) is 4.49. The Labute approximate surface area is 169 Å². The molecule has 0 radical (unpaired) electrons. The molecule has 0 saturated carbocycles. The van der Waals surface area contributed by atoms with Gasteiger partial charge in [0.05, 0.1) is 11.9 Å². The largest absolute Gasteiger partial charge is 0.486 e. The number of nitrogens with one attached hydrogen (secondary N) is 1. The van der Waals surface area contributed by atoms with Crippen LogP contribution in [0, 0.1) is 5.82 Å². The van der Waals surface area contributed by atoms with Gasteiger partial charge >= 0.3 is 0 Å². The van der Waals surface area contributed by atoms with E-state index in [4.69, 9.17) is 9.47 Å². The molecule has 0 aliphatic carbocycles. The summed E-state index contributed by atoms with van der Waals surface area (Å²) in [7, 11) is -3.74. The van der Waals surface area contributed by atoms with E-state index in [1.807, 2.05) is 0 Å². The number of carbonyl (C=O) groups is 1. The minimum atomic E-state index is -3.74. The Bertz CT molecular complexity index is 979. The minimum Gasteiger partial charge on any atom is -0.486 e. The van der Waals surface area contributed by atoms with Crippen LogP contribution < -0.4 is 19.1 Å². The number of halogens is 1. The summed E-state index contributed by atoms with van der Waals surface area (Å²) in [6.45, 7) is 2.61. The Morgan fingerprint density at radius 3 is 2.45 bits per heavy atom. The topological polar surface area (TPSA) is 84.9 Å². The lowest BCUT2D eigenvalue weighted by atomic mass is 10.1. The quantitative estimate of drug-likeness (QED) is 0.739. The van der Waals surface area contributed by atoms with Crippen LogP contribution >= 0.6 is 0 Å². The molecule has 2 aromatic carbocycles. The molecule has 1 heterocycles. The average molecular weight is 422 g/mol. The number of hydrogen-bond acceptors (Lipinski definition) is 5. The van der Waals surface area contributed by atoms with Crippen molar-refractivity contribution < 1.29 is 27.1 Å². The second-order valence-corrected chi connectivity index (χ2v) is 8.59. The van der Waals surface area contributed by atoms with E-state index in [1.165, 1.54) is 19.1 Å². The average Bonchev–Trinajstić information content (AvgIpc) is 2.68. The summed E-state index contributed by atoms with van der Waals surface area (Å²) >= 11 is 0. The Morgan fingerprint density at radius 1 is 1.14 bits per heavy atom. The Balaban J connectivity index is 1.71. The molecule has 0 aromatic heterocycles. The van der Waals surface area contributed by atoms with E-state index in [2.05, 4.69) is 5.32 Å². The molecule has 1 aliphatic heterocycles. The van der Waals surface area contributed by atoms with Gasteiger partial charge in [0.2, 0.25) is 15.9 Å². The van der Waals surface area contributed by atoms with Crippen molar-refractivity contribution in [3.05, 3.63) is 53.8 Å². The standard InChI is InChI=1S/C20H23FN2O5S/c1-14(20(24)22-10-9-15-3-5-16(21)6-4-15)23(29(2,25)26)17-7-8-18-19(13-17)28-12-11-27-18/h3-8,13-14H,9-12H2,1-2H3,(H,22,24). The maximum atomic E-state index is 13.0. The molecule has 0 bridgehead atoms. The summed E-state index contributed by atoms with van der Waals surface area (Å²) in [5, 5.41) is 2.74. The van der Waals surface area contributed by atoms with E-state index in [-0.39, 0.29) is 5.82 Å². The first-order chi connectivity index (χ1) is 13.8. The van der Waals surface area contributed by atoms with Crippen molar-refractivity contribution in [3.63, 3.8) is 0 Å². The van der Waals surface area contributed by atoms with Gasteiger partial charge in [0.1, 0.15) is 25.1 Å². The molecule has 29 heavy (non-hydrogen) atoms. The number of carbonyl (C=O) groups excluding carboxylic acids is 1. The highest BCUT2D eigenvalue weighted by atomic mass is 32.2. The number of anilines is 1. The number of benzene rings is 2. The first-order valence-electron chi connectivity index (χ1n) is 9.17. The lowest BCUT2D eigenvalue weighted by molar-refractivity contribution is -0.121. The summed E-state index contributed by atoms with van der Waals surface area (Å²) in [4.78, 5) is 12.6. The molecule has 1 unspecified atom stereocenters. The van der Waals surface area contributed by atoms with Gasteiger partial charge in [0.15, 0.2) is 11.5 Å². The van der Waals surface area contributed by atoms with Gasteiger partial charge in [-0.05, 0) is 43.2 Å². The molecule has 1 N–H and O–H groups in total. The molecule has 9 heteroatoms. The zero-order chi connectivity index (χ0) is 21.0. The van der Waals surface area contributed by atoms with Crippen molar-refractivity contribution in [2.45, 2.75) is 19.4 Å². The zero-order valence-electron chi connectivity index (χ0n) is 16.2. The summed E-state index contributed by atoms with van der Waals surface area (Å²) in [6.07, 6.45) is 1.55. The van der Waals surface area contributed by atoms with Crippen molar-refractivity contribution in [1.82, 2.24) is 5.32 Å². The summed E-state index contributed by atoms with van der Waals surface area (Å²) in [6, 6.07) is 9.78. The van der Waals surface area contributed by atoms with Crippen LogP contribution in [0.15, 0.2) is 42.5 Å². The van der Waals surface area contributed by atoms with E-state index in [9.17, 15) is 17.6 Å². The van der Waals surface area contributed by atoms with Crippen molar-refractivity contribution >= 4 is 21.6 Å². The van der Waals surface area contributed by atoms with Gasteiger partial charge in [-0.3, -0.25) is 9.10 Å². The van der Waals surface area contributed by atoms with Gasteiger partial charge < -0.3 is 14.8 Å². The molecular formula is C20H23FN2O5S. The zero-order valence-corrected chi connectivity index (χ0v) is 17.0. The maximum Gasteiger partial charge on any atom is 0.243 e. The molecule has 1 amide bonds. The van der Waals surface area contributed by atoms with E-state index < -0.39 is 22.0 Å². The van der Waals surface area contributed by atoms with Gasteiger partial charge in [-0.15, -0.1) is 0 Å². The molecular weight excluding hydrogens is 399 g/mol. The third kappa shape index (κ3) is 5.17. The molecule has 2 aromatic rings. The number of rotatable bonds is 7. The highest BCUT2D eigenvalue weighted by Crippen LogP contribution is 2.35. The summed E-state index contributed by atoms with van der Waals surface area (Å²) in [5.41, 5.74) is 1.18. The molecule has 0 spiro atoms. The van der Waals surface area contributed by atoms with Crippen LogP contribution in [0.3, 0.4) is 0 Å². The van der Waals surface area contributed by atoms with Gasteiger partial charge in [0.25, 0.3) is 0 Å². The van der Waals surface area contributed by atoms with Crippen LogP contribution in [0.4, 0.5) is 10.1 Å². The predicted octanol–water partition coefficient (Wildman–Crippen LogP) is 2.11. The first kappa shape index (κ1) is 20.9. The second-order valence-electron chi connectivity index (χ2n) is 6.73. The fraction of sp³-hybridized carbons (Fsp3) is 0.350. The maximum absolute atomic E-state index is 13.0. The van der Waals surface area contributed by atoms with Gasteiger partial charge in [-0.2, -0.15) is 0 Å². The monoisotopic (exact) mass is 422 g/mol. The van der Waals surface area contributed by atoms with Crippen LogP contribution in [0.25, 0.3) is 0 Å². The third-order valence-corrected chi connectivity index (χ3v) is 5.74. The number of nitrogens with zero attached hydrogens (tertiary/aromatic N) is 1. The second kappa shape index (κ2) is 8.69. The number of amides is 1. The molecule has 1 atom stereocenters. The highest BCUT2D eigenvalue weighted by Gasteiger charge is 2.30. The molecule has 1 aliphatic rings. The molecule has 0 saturated heterocycles. The molecule has 7 nitrogen and oxygen atoms in total. The number of fused-ring (bicyclic) bond motifs is 1. The summed E-state index contributed by atoms with van der Waals surface area (Å²) in [5.74, 6) is 0.207. The Kier molecular flexibility index (Phi) is 6.26. The number of ether oxygens (including phenoxy) is 2. The van der Waals surface area contributed by atoms with Gasteiger partial charge in [-0.25, -0.2) is 12.8 Å². The summed E-state index contributed by atoms with van der Waals surface area (Å²) < 4.78 is 49.8. The molecule has 3 rings (SSSR count). The lowest BCUT2D eigenvalue weighted by Crippen LogP contribution is -2.48. The smallest absolute Gasteiger partial charge is 0.243 e. The first-order valence-corrected chi connectivity index (χ1v) is 11.0. The minimum absolute atomic E-state index is 0.299. The van der Waals surface area contributed by atoms with Crippen LogP contribution in [-0.2, 0) is 21.2 Å². The number of hydrogen-bond donors (Lipinski definition) is 1. The number of sulfonamides is 1. The fourth-order valence-electron chi connectivity index (χ4n) is 3.11. The Morgan fingerprint density at radius 2 is 1.79 bits per heavy atom. The van der Waals surface area contributed by atoms with Crippen molar-refractivity contribution in [3.8, 4) is 11.5 Å². The highest BCUT2D eigenvalue weighted by molar-refractivity contribution is 7.92. The molecule has 156 valence electrons. The van der Waals surface area contributed by atoms with Crippen LogP contribution in [-0.4, -0.2) is 46.4 Å².